The summed E-state index contributed by atoms with van der Waals surface area (Å²) in [4.78, 5) is 23.6. The summed E-state index contributed by atoms with van der Waals surface area (Å²) < 4.78 is 11.7. The molecular weight excluding hydrogens is 314 g/mol. The first-order valence-corrected chi connectivity index (χ1v) is 8.25. The van der Waals surface area contributed by atoms with Crippen LogP contribution in [0.1, 0.15) is 41.5 Å². The predicted octanol–water partition coefficient (Wildman–Crippen LogP) is 3.68. The van der Waals surface area contributed by atoms with Crippen LogP contribution in [0.5, 0.6) is 0 Å². The van der Waals surface area contributed by atoms with E-state index in [1.54, 1.807) is 27.7 Å². The van der Waals surface area contributed by atoms with Crippen LogP contribution in [0.25, 0.3) is 0 Å². The molecule has 0 aliphatic carbocycles. The molecule has 0 aromatic heterocycles. The molecule has 0 radical (unpaired) electrons. The molecule has 6 heteroatoms. The number of ether oxygens (including phenoxy) is 1. The van der Waals surface area contributed by atoms with Gasteiger partial charge in [0, 0.05) is 11.9 Å². The summed E-state index contributed by atoms with van der Waals surface area (Å²) in [5.41, 5.74) is 0.117. The van der Waals surface area contributed by atoms with E-state index in [1.165, 1.54) is 11.8 Å². The highest BCUT2D eigenvalue weighted by Gasteiger charge is 2.38. The van der Waals surface area contributed by atoms with Crippen molar-refractivity contribution in [3.05, 3.63) is 35.9 Å². The molecule has 0 heterocycles. The fraction of sp³-hybridized carbons (Fsp3) is 0.529. The van der Waals surface area contributed by atoms with Crippen LogP contribution in [0.3, 0.4) is 0 Å². The third kappa shape index (κ3) is 6.95. The van der Waals surface area contributed by atoms with E-state index in [9.17, 15) is 14.7 Å². The van der Waals surface area contributed by atoms with Crippen molar-refractivity contribution in [2.75, 3.05) is 0 Å². The molecule has 1 aromatic rings. The van der Waals surface area contributed by atoms with E-state index >= 15 is 0 Å². The van der Waals surface area contributed by atoms with Crippen LogP contribution in [0.2, 0.25) is 0 Å². The number of aliphatic carboxylic acids is 1. The standard InChI is InChI=1S/C17H25NO4S/c1-16(2,3)22-15(21)18-13(14(19)20)17(4,5)23-11-12-9-7-6-8-10-12/h6-10,13H,11H2,1-5H3,(H,18,21)(H,19,20)/t13-/m1/s1/i1D. The number of rotatable bonds is 6. The predicted molar refractivity (Wildman–Crippen MR) is 92.6 cm³/mol. The molecule has 0 saturated heterocycles. The Morgan fingerprint density at radius 3 is 2.43 bits per heavy atom. The van der Waals surface area contributed by atoms with Gasteiger partial charge in [-0.15, -0.1) is 11.8 Å². The Hall–Kier alpha value is -1.69. The molecule has 1 atom stereocenters. The lowest BCUT2D eigenvalue weighted by atomic mass is 10.0. The van der Waals surface area contributed by atoms with Gasteiger partial charge in [-0.1, -0.05) is 30.3 Å². The summed E-state index contributed by atoms with van der Waals surface area (Å²) in [7, 11) is 0. The van der Waals surface area contributed by atoms with Crippen molar-refractivity contribution < 1.29 is 20.8 Å². The molecule has 1 amide bonds. The molecular formula is C17H25NO4S. The molecule has 0 bridgehead atoms. The van der Waals surface area contributed by atoms with Crippen LogP contribution in [0, 0.1) is 0 Å². The van der Waals surface area contributed by atoms with Crippen molar-refractivity contribution in [1.82, 2.24) is 5.32 Å². The highest BCUT2D eigenvalue weighted by Crippen LogP contribution is 2.31. The quantitative estimate of drug-likeness (QED) is 0.826. The van der Waals surface area contributed by atoms with Gasteiger partial charge in [0.2, 0.25) is 0 Å². The van der Waals surface area contributed by atoms with Crippen molar-refractivity contribution in [2.45, 2.75) is 56.7 Å². The first kappa shape index (κ1) is 17.7. The molecule has 0 aliphatic heterocycles. The number of carbonyl (C=O) groups excluding carboxylic acids is 1. The van der Waals surface area contributed by atoms with Gasteiger partial charge < -0.3 is 15.2 Å². The van der Waals surface area contributed by atoms with Gasteiger partial charge in [-0.2, -0.15) is 0 Å². The minimum atomic E-state index is -1.12. The van der Waals surface area contributed by atoms with E-state index in [4.69, 9.17) is 6.11 Å². The highest BCUT2D eigenvalue weighted by molar-refractivity contribution is 7.99. The molecule has 23 heavy (non-hydrogen) atoms. The van der Waals surface area contributed by atoms with Crippen molar-refractivity contribution in [2.24, 2.45) is 0 Å². The Morgan fingerprint density at radius 1 is 1.30 bits per heavy atom. The zero-order valence-electron chi connectivity index (χ0n) is 15.0. The van der Waals surface area contributed by atoms with E-state index in [0.29, 0.717) is 5.75 Å². The second-order valence-electron chi connectivity index (χ2n) is 6.44. The molecule has 0 saturated carbocycles. The number of alkyl carbamates (subject to hydrolysis) is 1. The first-order chi connectivity index (χ1) is 11.1. The second-order valence-corrected chi connectivity index (χ2v) is 8.07. The minimum Gasteiger partial charge on any atom is -0.480 e. The van der Waals surface area contributed by atoms with Gasteiger partial charge in [-0.25, -0.2) is 9.59 Å². The van der Waals surface area contributed by atoms with Crippen molar-refractivity contribution in [1.29, 1.82) is 0 Å². The fourth-order valence-corrected chi connectivity index (χ4v) is 2.92. The second kappa shape index (κ2) is 7.73. The summed E-state index contributed by atoms with van der Waals surface area (Å²) in [6.45, 7) is 6.64. The third-order valence-corrected chi connectivity index (χ3v) is 4.48. The fourth-order valence-electron chi connectivity index (χ4n) is 1.86. The number of benzene rings is 1. The first-order valence-electron chi connectivity index (χ1n) is 7.97. The number of carboxylic acid groups (broad SMARTS) is 1. The van der Waals surface area contributed by atoms with E-state index in [0.717, 1.165) is 5.56 Å². The van der Waals surface area contributed by atoms with Gasteiger partial charge in [0.25, 0.3) is 0 Å². The summed E-state index contributed by atoms with van der Waals surface area (Å²) in [6.07, 6.45) is -0.826. The summed E-state index contributed by atoms with van der Waals surface area (Å²) in [5.74, 6) is -0.492. The van der Waals surface area contributed by atoms with Crippen LogP contribution in [0.15, 0.2) is 30.3 Å². The zero-order chi connectivity index (χ0) is 18.4. The molecule has 0 aliphatic rings. The normalized spacial score (nSPS) is 13.8. The SMILES string of the molecule is [2H]CC(C)(C)OC(=O)N[C@H](C(=O)O)C(C)(C)SCc1ccccc1. The number of carboxylic acids is 1. The average Bonchev–Trinajstić information content (AvgIpc) is 2.51. The van der Waals surface area contributed by atoms with Crippen LogP contribution in [-0.4, -0.2) is 33.6 Å². The number of hydrogen-bond acceptors (Lipinski definition) is 4. The molecule has 0 spiro atoms. The molecule has 5 nitrogen and oxygen atoms in total. The number of thioether (sulfide) groups is 1. The van der Waals surface area contributed by atoms with Gasteiger partial charge >= 0.3 is 12.1 Å². The molecule has 0 fully saturated rings. The number of amides is 1. The summed E-state index contributed by atoms with van der Waals surface area (Å²) in [5, 5.41) is 11.9. The Balaban J connectivity index is 2.74. The molecule has 2 N–H and O–H groups in total. The third-order valence-electron chi connectivity index (χ3n) is 3.03. The Labute approximate surface area is 143 Å². The molecule has 0 unspecified atom stereocenters. The monoisotopic (exact) mass is 340 g/mol. The Bertz CT molecular complexity index is 563. The van der Waals surface area contributed by atoms with Crippen LogP contribution in [-0.2, 0) is 15.3 Å². The lowest BCUT2D eigenvalue weighted by Crippen LogP contribution is -2.53. The van der Waals surface area contributed by atoms with Gasteiger partial charge in [-0.3, -0.25) is 0 Å². The van der Waals surface area contributed by atoms with E-state index in [-0.39, 0.29) is 6.90 Å². The van der Waals surface area contributed by atoms with Gasteiger partial charge in [0.1, 0.15) is 11.6 Å². The zero-order valence-corrected chi connectivity index (χ0v) is 14.8. The maximum absolute atomic E-state index is 12.0. The van der Waals surface area contributed by atoms with Gasteiger partial charge in [-0.05, 0) is 40.2 Å². The molecule has 1 aromatic carbocycles. The number of carbonyl (C=O) groups is 2. The van der Waals surface area contributed by atoms with E-state index < -0.39 is 28.5 Å². The van der Waals surface area contributed by atoms with Crippen LogP contribution in [0.4, 0.5) is 4.79 Å². The summed E-state index contributed by atoms with van der Waals surface area (Å²) >= 11 is 1.45. The van der Waals surface area contributed by atoms with E-state index in [1.807, 2.05) is 30.3 Å². The summed E-state index contributed by atoms with van der Waals surface area (Å²) in [6, 6.07) is 8.60. The number of hydrogen-bond donors (Lipinski definition) is 2. The maximum Gasteiger partial charge on any atom is 0.408 e. The van der Waals surface area contributed by atoms with Crippen molar-refractivity contribution in [3.8, 4) is 0 Å². The smallest absolute Gasteiger partial charge is 0.408 e. The van der Waals surface area contributed by atoms with Crippen molar-refractivity contribution >= 4 is 23.8 Å². The lowest BCUT2D eigenvalue weighted by Gasteiger charge is -2.32. The number of nitrogens with one attached hydrogen (secondary N) is 1. The highest BCUT2D eigenvalue weighted by atomic mass is 32.2. The van der Waals surface area contributed by atoms with Crippen LogP contribution < -0.4 is 5.32 Å². The van der Waals surface area contributed by atoms with Gasteiger partial charge in [0.05, 0.1) is 0 Å². The minimum absolute atomic E-state index is 0.107. The van der Waals surface area contributed by atoms with Crippen LogP contribution >= 0.6 is 11.8 Å². The molecule has 1 rings (SSSR count). The average molecular weight is 340 g/mol. The lowest BCUT2D eigenvalue weighted by molar-refractivity contribution is -0.140. The van der Waals surface area contributed by atoms with E-state index in [2.05, 4.69) is 5.32 Å². The molecule has 128 valence electrons. The van der Waals surface area contributed by atoms with Gasteiger partial charge in [0.15, 0.2) is 0 Å². The maximum atomic E-state index is 12.0. The Morgan fingerprint density at radius 2 is 1.91 bits per heavy atom. The topological polar surface area (TPSA) is 75.6 Å². The van der Waals surface area contributed by atoms with Crippen molar-refractivity contribution in [3.63, 3.8) is 0 Å². The largest absolute Gasteiger partial charge is 0.480 e. The Kier molecular flexibility index (Phi) is 5.93.